The SMILES string of the molecule is COc1ccccc1C1=C(N2CC(C)OC(C)C2)C(=O)N(Cc2ccccc2Cl)C1=O. The number of rotatable bonds is 5. The fourth-order valence-corrected chi connectivity index (χ4v) is 4.45. The van der Waals surface area contributed by atoms with Crippen LogP contribution in [0.5, 0.6) is 5.75 Å². The van der Waals surface area contributed by atoms with Crippen LogP contribution in [0.25, 0.3) is 5.57 Å². The molecule has 2 heterocycles. The Morgan fingerprint density at radius 2 is 1.65 bits per heavy atom. The molecule has 162 valence electrons. The van der Waals surface area contributed by atoms with Crippen LogP contribution in [0.1, 0.15) is 25.0 Å². The van der Waals surface area contributed by atoms with E-state index in [-0.39, 0.29) is 30.6 Å². The van der Waals surface area contributed by atoms with Gasteiger partial charge in [0.05, 0.1) is 31.4 Å². The van der Waals surface area contributed by atoms with Crippen LogP contribution < -0.4 is 4.74 Å². The second kappa shape index (κ2) is 8.73. The second-order valence-electron chi connectivity index (χ2n) is 7.87. The molecule has 7 heteroatoms. The Balaban J connectivity index is 1.80. The molecule has 2 aromatic carbocycles. The van der Waals surface area contributed by atoms with Crippen molar-refractivity contribution in [2.75, 3.05) is 20.2 Å². The lowest BCUT2D eigenvalue weighted by Gasteiger charge is -2.37. The van der Waals surface area contributed by atoms with E-state index in [1.165, 1.54) is 4.90 Å². The second-order valence-corrected chi connectivity index (χ2v) is 8.28. The summed E-state index contributed by atoms with van der Waals surface area (Å²) in [7, 11) is 1.56. The van der Waals surface area contributed by atoms with Crippen LogP contribution in [0.15, 0.2) is 54.2 Å². The molecule has 2 aliphatic heterocycles. The van der Waals surface area contributed by atoms with E-state index in [1.54, 1.807) is 19.2 Å². The van der Waals surface area contributed by atoms with E-state index < -0.39 is 0 Å². The fraction of sp³-hybridized carbons (Fsp3) is 0.333. The van der Waals surface area contributed by atoms with Crippen LogP contribution in [-0.2, 0) is 20.9 Å². The highest BCUT2D eigenvalue weighted by molar-refractivity contribution is 6.36. The van der Waals surface area contributed by atoms with Crippen molar-refractivity contribution < 1.29 is 19.1 Å². The van der Waals surface area contributed by atoms with Gasteiger partial charge in [0, 0.05) is 23.7 Å². The van der Waals surface area contributed by atoms with Gasteiger partial charge in [0.1, 0.15) is 11.4 Å². The van der Waals surface area contributed by atoms with Gasteiger partial charge in [-0.1, -0.05) is 48.0 Å². The molecule has 0 radical (unpaired) electrons. The first-order valence-electron chi connectivity index (χ1n) is 10.3. The van der Waals surface area contributed by atoms with Gasteiger partial charge in [-0.15, -0.1) is 0 Å². The maximum atomic E-state index is 13.6. The molecule has 2 aliphatic rings. The highest BCUT2D eigenvalue weighted by atomic mass is 35.5. The smallest absolute Gasteiger partial charge is 0.278 e. The average molecular weight is 441 g/mol. The van der Waals surface area contributed by atoms with E-state index in [9.17, 15) is 9.59 Å². The molecule has 0 aromatic heterocycles. The number of hydrogen-bond donors (Lipinski definition) is 0. The van der Waals surface area contributed by atoms with Crippen molar-refractivity contribution in [3.05, 3.63) is 70.4 Å². The summed E-state index contributed by atoms with van der Waals surface area (Å²) >= 11 is 6.31. The van der Waals surface area contributed by atoms with Gasteiger partial charge in [-0.25, -0.2) is 0 Å². The molecular formula is C24H25ClN2O4. The van der Waals surface area contributed by atoms with Gasteiger partial charge in [0.2, 0.25) is 0 Å². The summed E-state index contributed by atoms with van der Waals surface area (Å²) in [6, 6.07) is 14.5. The van der Waals surface area contributed by atoms with E-state index in [1.807, 2.05) is 55.1 Å². The first-order valence-corrected chi connectivity index (χ1v) is 10.7. The molecule has 4 rings (SSSR count). The van der Waals surface area contributed by atoms with E-state index in [0.717, 1.165) is 5.56 Å². The lowest BCUT2D eigenvalue weighted by Crippen LogP contribution is -2.46. The van der Waals surface area contributed by atoms with Gasteiger partial charge in [-0.3, -0.25) is 14.5 Å². The summed E-state index contributed by atoms with van der Waals surface area (Å²) in [6.45, 7) is 5.09. The lowest BCUT2D eigenvalue weighted by atomic mass is 10.0. The number of ether oxygens (including phenoxy) is 2. The molecule has 0 saturated carbocycles. The maximum absolute atomic E-state index is 13.6. The Kier molecular flexibility index (Phi) is 6.03. The third kappa shape index (κ3) is 4.05. The Bertz CT molecular complexity index is 1040. The number of morpholine rings is 1. The molecule has 0 spiro atoms. The van der Waals surface area contributed by atoms with Crippen molar-refractivity contribution in [3.8, 4) is 5.75 Å². The van der Waals surface area contributed by atoms with E-state index in [2.05, 4.69) is 0 Å². The number of para-hydroxylation sites is 1. The highest BCUT2D eigenvalue weighted by Gasteiger charge is 2.44. The normalized spacial score (nSPS) is 21.8. The number of nitrogens with zero attached hydrogens (tertiary/aromatic N) is 2. The lowest BCUT2D eigenvalue weighted by molar-refractivity contribution is -0.139. The van der Waals surface area contributed by atoms with E-state index in [4.69, 9.17) is 21.1 Å². The number of amides is 2. The van der Waals surface area contributed by atoms with Crippen molar-refractivity contribution in [2.24, 2.45) is 0 Å². The maximum Gasteiger partial charge on any atom is 0.278 e. The molecule has 0 bridgehead atoms. The standard InChI is InChI=1S/C24H25ClN2O4/c1-15-12-26(13-16(2)31-15)22-21(18-9-5-7-11-20(18)30-3)23(28)27(24(22)29)14-17-8-4-6-10-19(17)25/h4-11,15-16H,12-14H2,1-3H3. The zero-order valence-corrected chi connectivity index (χ0v) is 18.6. The first-order chi connectivity index (χ1) is 14.9. The Labute approximate surface area is 187 Å². The zero-order chi connectivity index (χ0) is 22.1. The van der Waals surface area contributed by atoms with Crippen LogP contribution in [0.2, 0.25) is 5.02 Å². The van der Waals surface area contributed by atoms with Gasteiger partial charge < -0.3 is 14.4 Å². The third-order valence-corrected chi connectivity index (χ3v) is 5.91. The first kappa shape index (κ1) is 21.4. The quantitative estimate of drug-likeness (QED) is 0.663. The van der Waals surface area contributed by atoms with E-state index >= 15 is 0 Å². The number of carbonyl (C=O) groups is 2. The largest absolute Gasteiger partial charge is 0.496 e. The van der Waals surface area contributed by atoms with Gasteiger partial charge >= 0.3 is 0 Å². The Morgan fingerprint density at radius 3 is 2.32 bits per heavy atom. The predicted octanol–water partition coefficient (Wildman–Crippen LogP) is 3.74. The summed E-state index contributed by atoms with van der Waals surface area (Å²) < 4.78 is 11.4. The fourth-order valence-electron chi connectivity index (χ4n) is 4.25. The minimum Gasteiger partial charge on any atom is -0.496 e. The molecule has 2 aromatic rings. The van der Waals surface area contributed by atoms with Crippen LogP contribution >= 0.6 is 11.6 Å². The number of imide groups is 1. The van der Waals surface area contributed by atoms with Crippen molar-refractivity contribution in [1.29, 1.82) is 0 Å². The molecular weight excluding hydrogens is 416 g/mol. The number of hydrogen-bond acceptors (Lipinski definition) is 5. The van der Waals surface area contributed by atoms with Crippen LogP contribution in [0, 0.1) is 0 Å². The van der Waals surface area contributed by atoms with Gasteiger partial charge in [-0.2, -0.15) is 0 Å². The number of halogens is 1. The van der Waals surface area contributed by atoms with Crippen LogP contribution in [-0.4, -0.2) is 54.0 Å². The van der Waals surface area contributed by atoms with E-state index in [0.29, 0.717) is 40.7 Å². The summed E-state index contributed by atoms with van der Waals surface area (Å²) in [5.41, 5.74) is 2.07. The van der Waals surface area contributed by atoms with Gasteiger partial charge in [0.25, 0.3) is 11.8 Å². The monoisotopic (exact) mass is 440 g/mol. The molecule has 1 fully saturated rings. The van der Waals surface area contributed by atoms with Gasteiger partial charge in [0.15, 0.2) is 0 Å². The highest BCUT2D eigenvalue weighted by Crippen LogP contribution is 2.38. The zero-order valence-electron chi connectivity index (χ0n) is 17.8. The summed E-state index contributed by atoms with van der Waals surface area (Å²) in [5.74, 6) is -0.131. The summed E-state index contributed by atoms with van der Waals surface area (Å²) in [6.07, 6.45) is -0.119. The van der Waals surface area contributed by atoms with Gasteiger partial charge in [-0.05, 0) is 31.5 Å². The molecule has 1 saturated heterocycles. The summed E-state index contributed by atoms with van der Waals surface area (Å²) in [4.78, 5) is 30.4. The molecule has 0 N–H and O–H groups in total. The number of carbonyl (C=O) groups excluding carboxylic acids is 2. The molecule has 2 unspecified atom stereocenters. The predicted molar refractivity (Wildman–Crippen MR) is 119 cm³/mol. The number of benzene rings is 2. The molecule has 31 heavy (non-hydrogen) atoms. The topological polar surface area (TPSA) is 59.1 Å². The molecule has 0 aliphatic carbocycles. The summed E-state index contributed by atoms with van der Waals surface area (Å²) in [5, 5.41) is 0.518. The molecule has 6 nitrogen and oxygen atoms in total. The van der Waals surface area contributed by atoms with Crippen molar-refractivity contribution >= 4 is 29.0 Å². The minimum absolute atomic E-state index is 0.0595. The Morgan fingerprint density at radius 1 is 1.00 bits per heavy atom. The average Bonchev–Trinajstić information content (AvgIpc) is 2.99. The third-order valence-electron chi connectivity index (χ3n) is 5.54. The van der Waals surface area contributed by atoms with Crippen LogP contribution in [0.4, 0.5) is 0 Å². The van der Waals surface area contributed by atoms with Crippen molar-refractivity contribution in [2.45, 2.75) is 32.6 Å². The van der Waals surface area contributed by atoms with Crippen molar-refractivity contribution in [3.63, 3.8) is 0 Å². The Hall–Kier alpha value is -2.83. The molecule has 2 atom stereocenters. The molecule has 2 amide bonds. The minimum atomic E-state index is -0.351. The number of methoxy groups -OCH3 is 1. The van der Waals surface area contributed by atoms with Crippen LogP contribution in [0.3, 0.4) is 0 Å². The van der Waals surface area contributed by atoms with Crippen molar-refractivity contribution in [1.82, 2.24) is 9.80 Å².